The molecular weight excluding hydrogens is 234 g/mol. The number of phenols is 1. The topological polar surface area (TPSA) is 32.3 Å². The van der Waals surface area contributed by atoms with Gasteiger partial charge in [0.05, 0.1) is 0 Å². The van der Waals surface area contributed by atoms with E-state index in [0.29, 0.717) is 17.2 Å². The van der Waals surface area contributed by atoms with Crippen LogP contribution in [0.1, 0.15) is 48.8 Å². The summed E-state index contributed by atoms with van der Waals surface area (Å²) in [5, 5.41) is 13.9. The van der Waals surface area contributed by atoms with Crippen LogP contribution in [0.2, 0.25) is 0 Å². The predicted molar refractivity (Wildman–Crippen MR) is 76.6 cm³/mol. The molecule has 0 amide bonds. The number of rotatable bonds is 0. The zero-order valence-corrected chi connectivity index (χ0v) is 11.7. The largest absolute Gasteiger partial charge is 0.508 e. The van der Waals surface area contributed by atoms with E-state index < -0.39 is 0 Å². The van der Waals surface area contributed by atoms with Gasteiger partial charge in [0.15, 0.2) is 0 Å². The third-order valence-corrected chi connectivity index (χ3v) is 5.96. The number of fused-ring (bicyclic) bond motifs is 1. The SMILES string of the molecule is Cc1cc2c(cc1O)[C@]13CCCC[C@@H]1[C@H](C2)NCC3. The first kappa shape index (κ1) is 11.8. The molecule has 1 aromatic carbocycles. The molecule has 0 radical (unpaired) electrons. The Balaban J connectivity index is 1.92. The van der Waals surface area contributed by atoms with Gasteiger partial charge in [-0.05, 0) is 67.8 Å². The molecule has 2 N–H and O–H groups in total. The van der Waals surface area contributed by atoms with E-state index in [1.54, 1.807) is 0 Å². The van der Waals surface area contributed by atoms with Crippen molar-refractivity contribution in [3.8, 4) is 5.75 Å². The molecule has 1 aromatic rings. The van der Waals surface area contributed by atoms with Crippen molar-refractivity contribution in [2.45, 2.75) is 56.9 Å². The molecular formula is C17H23NO. The van der Waals surface area contributed by atoms with E-state index in [0.717, 1.165) is 24.4 Å². The quantitative estimate of drug-likeness (QED) is 0.748. The molecule has 2 nitrogen and oxygen atoms in total. The third kappa shape index (κ3) is 1.53. The molecule has 2 aliphatic carbocycles. The van der Waals surface area contributed by atoms with Crippen LogP contribution < -0.4 is 5.32 Å². The molecule has 0 aromatic heterocycles. The van der Waals surface area contributed by atoms with Gasteiger partial charge in [0, 0.05) is 11.5 Å². The lowest BCUT2D eigenvalue weighted by molar-refractivity contribution is 0.0795. The molecule has 2 fully saturated rings. The molecule has 2 heteroatoms. The highest BCUT2D eigenvalue weighted by Gasteiger charge is 2.51. The molecule has 19 heavy (non-hydrogen) atoms. The summed E-state index contributed by atoms with van der Waals surface area (Å²) in [6.07, 6.45) is 7.85. The minimum Gasteiger partial charge on any atom is -0.508 e. The number of nitrogens with one attached hydrogen (secondary N) is 1. The highest BCUT2D eigenvalue weighted by molar-refractivity contribution is 5.48. The van der Waals surface area contributed by atoms with Crippen molar-refractivity contribution in [2.75, 3.05) is 6.54 Å². The number of hydrogen-bond acceptors (Lipinski definition) is 2. The fourth-order valence-corrected chi connectivity index (χ4v) is 5.10. The lowest BCUT2D eigenvalue weighted by Crippen LogP contribution is -2.59. The minimum absolute atomic E-state index is 0.368. The van der Waals surface area contributed by atoms with Crippen LogP contribution in [0.4, 0.5) is 0 Å². The predicted octanol–water partition coefficient (Wildman–Crippen LogP) is 3.05. The number of piperidine rings is 1. The van der Waals surface area contributed by atoms with E-state index in [1.807, 2.05) is 6.92 Å². The Morgan fingerprint density at radius 2 is 2.16 bits per heavy atom. The van der Waals surface area contributed by atoms with Gasteiger partial charge in [0.1, 0.15) is 5.75 Å². The van der Waals surface area contributed by atoms with E-state index in [1.165, 1.54) is 43.2 Å². The molecule has 1 saturated heterocycles. The first-order valence-electron chi connectivity index (χ1n) is 7.77. The van der Waals surface area contributed by atoms with Crippen molar-refractivity contribution >= 4 is 0 Å². The Labute approximate surface area is 115 Å². The van der Waals surface area contributed by atoms with Gasteiger partial charge in [-0.2, -0.15) is 0 Å². The fraction of sp³-hybridized carbons (Fsp3) is 0.647. The van der Waals surface area contributed by atoms with Crippen LogP contribution in [0.25, 0.3) is 0 Å². The van der Waals surface area contributed by atoms with E-state index in [2.05, 4.69) is 17.4 Å². The van der Waals surface area contributed by atoms with E-state index in [-0.39, 0.29) is 0 Å². The van der Waals surface area contributed by atoms with Crippen molar-refractivity contribution in [2.24, 2.45) is 5.92 Å². The molecule has 4 rings (SSSR count). The Kier molecular flexibility index (Phi) is 2.47. The van der Waals surface area contributed by atoms with Gasteiger partial charge in [0.25, 0.3) is 0 Å². The van der Waals surface area contributed by atoms with E-state index in [9.17, 15) is 5.11 Å². The van der Waals surface area contributed by atoms with Gasteiger partial charge in [0.2, 0.25) is 0 Å². The molecule has 3 aliphatic rings. The van der Waals surface area contributed by atoms with Gasteiger partial charge < -0.3 is 10.4 Å². The van der Waals surface area contributed by atoms with Gasteiger partial charge in [-0.25, -0.2) is 0 Å². The molecule has 0 unspecified atom stereocenters. The highest BCUT2D eigenvalue weighted by atomic mass is 16.3. The van der Waals surface area contributed by atoms with Gasteiger partial charge >= 0.3 is 0 Å². The number of hydrogen-bond donors (Lipinski definition) is 2. The summed E-state index contributed by atoms with van der Waals surface area (Å²) in [4.78, 5) is 0. The number of benzene rings is 1. The van der Waals surface area contributed by atoms with Crippen molar-refractivity contribution < 1.29 is 5.11 Å². The lowest BCUT2D eigenvalue weighted by atomic mass is 9.52. The van der Waals surface area contributed by atoms with Crippen LogP contribution in [0.15, 0.2) is 12.1 Å². The normalized spacial score (nSPS) is 36.5. The summed E-state index contributed by atoms with van der Waals surface area (Å²) in [6.45, 7) is 3.17. The minimum atomic E-state index is 0.368. The first-order valence-corrected chi connectivity index (χ1v) is 7.77. The summed E-state index contributed by atoms with van der Waals surface area (Å²) in [6, 6.07) is 5.01. The first-order chi connectivity index (χ1) is 9.21. The van der Waals surface area contributed by atoms with Crippen LogP contribution >= 0.6 is 0 Å². The van der Waals surface area contributed by atoms with E-state index in [4.69, 9.17) is 0 Å². The summed E-state index contributed by atoms with van der Waals surface area (Å²) < 4.78 is 0. The zero-order chi connectivity index (χ0) is 13.0. The number of aromatic hydroxyl groups is 1. The van der Waals surface area contributed by atoms with Gasteiger partial charge in [-0.3, -0.25) is 0 Å². The van der Waals surface area contributed by atoms with Gasteiger partial charge in [-0.1, -0.05) is 18.9 Å². The summed E-state index contributed by atoms with van der Waals surface area (Å²) in [5.41, 5.74) is 4.37. The molecule has 2 bridgehead atoms. The van der Waals surface area contributed by atoms with E-state index >= 15 is 0 Å². The highest BCUT2D eigenvalue weighted by Crippen LogP contribution is 2.54. The molecule has 102 valence electrons. The average Bonchev–Trinajstić information content (AvgIpc) is 2.41. The molecule has 1 saturated carbocycles. The average molecular weight is 257 g/mol. The second-order valence-electron chi connectivity index (χ2n) is 6.82. The maximum Gasteiger partial charge on any atom is 0.118 e. The van der Waals surface area contributed by atoms with Crippen molar-refractivity contribution in [3.05, 3.63) is 28.8 Å². The van der Waals surface area contributed by atoms with Crippen LogP contribution in [-0.4, -0.2) is 17.7 Å². The Hall–Kier alpha value is -1.02. The van der Waals surface area contributed by atoms with Crippen LogP contribution in [0.3, 0.4) is 0 Å². The maximum atomic E-state index is 10.1. The van der Waals surface area contributed by atoms with Crippen LogP contribution in [-0.2, 0) is 11.8 Å². The van der Waals surface area contributed by atoms with Crippen molar-refractivity contribution in [1.82, 2.24) is 5.32 Å². The summed E-state index contributed by atoms with van der Waals surface area (Å²) in [7, 11) is 0. The standard InChI is InChI=1S/C17H23NO/c1-11-8-12-9-15-13-4-2-3-5-17(13,6-7-18-15)14(12)10-16(11)19/h8,10,13,15,18-19H,2-7,9H2,1H3/t13-,15+,17+/m1/s1. The Bertz CT molecular complexity index is 520. The molecule has 1 heterocycles. The monoisotopic (exact) mass is 257 g/mol. The molecule has 3 atom stereocenters. The number of phenolic OH excluding ortho intramolecular Hbond substituents is 1. The second kappa shape index (κ2) is 3.99. The summed E-state index contributed by atoms with van der Waals surface area (Å²) in [5.74, 6) is 1.29. The zero-order valence-electron chi connectivity index (χ0n) is 11.7. The third-order valence-electron chi connectivity index (χ3n) is 5.96. The smallest absolute Gasteiger partial charge is 0.118 e. The lowest BCUT2D eigenvalue weighted by Gasteiger charge is -2.56. The molecule has 0 spiro atoms. The Morgan fingerprint density at radius 1 is 1.26 bits per heavy atom. The van der Waals surface area contributed by atoms with Crippen LogP contribution in [0.5, 0.6) is 5.75 Å². The number of aryl methyl sites for hydroxylation is 1. The molecule has 1 aliphatic heterocycles. The van der Waals surface area contributed by atoms with Crippen LogP contribution in [0, 0.1) is 12.8 Å². The van der Waals surface area contributed by atoms with Crippen molar-refractivity contribution in [1.29, 1.82) is 0 Å². The summed E-state index contributed by atoms with van der Waals surface area (Å²) >= 11 is 0. The van der Waals surface area contributed by atoms with Crippen molar-refractivity contribution in [3.63, 3.8) is 0 Å². The second-order valence-corrected chi connectivity index (χ2v) is 6.82. The maximum absolute atomic E-state index is 10.1. The fourth-order valence-electron chi connectivity index (χ4n) is 5.10. The Morgan fingerprint density at radius 3 is 3.05 bits per heavy atom. The van der Waals surface area contributed by atoms with Gasteiger partial charge in [-0.15, -0.1) is 0 Å².